The SMILES string of the molecule is C1COCN1.NO. The first-order valence-electron chi connectivity index (χ1n) is 2.04. The van der Waals surface area contributed by atoms with Gasteiger partial charge in [-0.1, -0.05) is 0 Å². The normalized spacial score (nSPS) is 18.0. The maximum atomic E-state index is 6.50. The minimum atomic E-state index is 0.750. The molecule has 0 saturated carbocycles. The smallest absolute Gasteiger partial charge is 0.0966 e. The van der Waals surface area contributed by atoms with E-state index in [1.54, 1.807) is 0 Å². The summed E-state index contributed by atoms with van der Waals surface area (Å²) in [6.07, 6.45) is 0. The fraction of sp³-hybridized carbons (Fsp3) is 1.00. The third-order valence-electron chi connectivity index (χ3n) is 0.627. The average Bonchev–Trinajstić information content (AvgIpc) is 2.23. The Labute approximate surface area is 42.2 Å². The van der Waals surface area contributed by atoms with Gasteiger partial charge in [-0.25, -0.2) is 5.90 Å². The predicted molar refractivity (Wildman–Crippen MR) is 24.8 cm³/mol. The number of ether oxygens (including phenoxy) is 1. The highest BCUT2D eigenvalue weighted by atomic mass is 16.5. The lowest BCUT2D eigenvalue weighted by molar-refractivity contribution is 0.194. The molecule has 0 aromatic rings. The lowest BCUT2D eigenvalue weighted by Crippen LogP contribution is -2.05. The van der Waals surface area contributed by atoms with Gasteiger partial charge in [-0.15, -0.1) is 0 Å². The molecule has 0 radical (unpaired) electrons. The van der Waals surface area contributed by atoms with Crippen molar-refractivity contribution < 1.29 is 9.94 Å². The van der Waals surface area contributed by atoms with Gasteiger partial charge in [-0.2, -0.15) is 0 Å². The largest absolute Gasteiger partial charge is 0.365 e. The number of rotatable bonds is 0. The third kappa shape index (κ3) is 3.68. The summed E-state index contributed by atoms with van der Waals surface area (Å²) < 4.78 is 4.83. The summed E-state index contributed by atoms with van der Waals surface area (Å²) in [6, 6.07) is 0. The molecule has 1 rings (SSSR count). The zero-order chi connectivity index (χ0) is 5.54. The predicted octanol–water partition coefficient (Wildman–Crippen LogP) is -1.10. The van der Waals surface area contributed by atoms with Crippen LogP contribution in [0.4, 0.5) is 0 Å². The second-order valence-corrected chi connectivity index (χ2v) is 1.05. The van der Waals surface area contributed by atoms with Crippen LogP contribution in [-0.2, 0) is 4.74 Å². The number of hydrogen-bond acceptors (Lipinski definition) is 4. The minimum absolute atomic E-state index is 0.750. The molecule has 4 heteroatoms. The number of nitrogens with two attached hydrogens (primary N) is 1. The quantitative estimate of drug-likeness (QED) is 0.343. The van der Waals surface area contributed by atoms with E-state index >= 15 is 0 Å². The van der Waals surface area contributed by atoms with E-state index in [0.29, 0.717) is 0 Å². The molecule has 0 unspecified atom stereocenters. The summed E-state index contributed by atoms with van der Waals surface area (Å²) in [5.74, 6) is 3.50. The molecule has 0 aromatic carbocycles. The summed E-state index contributed by atoms with van der Waals surface area (Å²) in [7, 11) is 0. The zero-order valence-corrected chi connectivity index (χ0v) is 4.05. The van der Waals surface area contributed by atoms with Crippen molar-refractivity contribution in [2.24, 2.45) is 5.90 Å². The van der Waals surface area contributed by atoms with Crippen LogP contribution in [0.15, 0.2) is 0 Å². The summed E-state index contributed by atoms with van der Waals surface area (Å²) in [4.78, 5) is 0. The highest BCUT2D eigenvalue weighted by Gasteiger charge is 1.92. The molecule has 1 fully saturated rings. The van der Waals surface area contributed by atoms with Gasteiger partial charge in [-0.3, -0.25) is 5.32 Å². The average molecular weight is 106 g/mol. The Morgan fingerprint density at radius 3 is 2.43 bits per heavy atom. The highest BCUT2D eigenvalue weighted by molar-refractivity contribution is 4.43. The summed E-state index contributed by atoms with van der Waals surface area (Å²) in [5.41, 5.74) is 0. The van der Waals surface area contributed by atoms with Gasteiger partial charge >= 0.3 is 0 Å². The van der Waals surface area contributed by atoms with Crippen LogP contribution in [-0.4, -0.2) is 25.1 Å². The molecule has 4 N–H and O–H groups in total. The second-order valence-electron chi connectivity index (χ2n) is 1.05. The molecule has 4 nitrogen and oxygen atoms in total. The van der Waals surface area contributed by atoms with Crippen LogP contribution in [0.5, 0.6) is 0 Å². The molecular weight excluding hydrogens is 96.0 g/mol. The van der Waals surface area contributed by atoms with Crippen LogP contribution in [0.3, 0.4) is 0 Å². The van der Waals surface area contributed by atoms with E-state index in [1.165, 1.54) is 0 Å². The standard InChI is InChI=1S/C3H7NO.H3NO/c1-2-5-3-4-1;1-2/h4H,1-3H2;2H,1H2. The van der Waals surface area contributed by atoms with E-state index in [-0.39, 0.29) is 0 Å². The van der Waals surface area contributed by atoms with Crippen molar-refractivity contribution in [1.29, 1.82) is 0 Å². The zero-order valence-electron chi connectivity index (χ0n) is 4.05. The van der Waals surface area contributed by atoms with Crippen LogP contribution >= 0.6 is 0 Å². The lowest BCUT2D eigenvalue weighted by Gasteiger charge is -1.76. The molecule has 0 spiro atoms. The van der Waals surface area contributed by atoms with Gasteiger partial charge < -0.3 is 9.94 Å². The monoisotopic (exact) mass is 106 g/mol. The van der Waals surface area contributed by atoms with E-state index in [9.17, 15) is 0 Å². The van der Waals surface area contributed by atoms with Gasteiger partial charge in [-0.05, 0) is 0 Å². The summed E-state index contributed by atoms with van der Waals surface area (Å²) >= 11 is 0. The fourth-order valence-electron chi connectivity index (χ4n) is 0.361. The first-order valence-corrected chi connectivity index (χ1v) is 2.04. The Bertz CT molecular complexity index is 22.5. The molecular formula is C3H10N2O2. The van der Waals surface area contributed by atoms with E-state index < -0.39 is 0 Å². The molecule has 1 aliphatic rings. The molecule has 1 aliphatic heterocycles. The molecule has 1 heterocycles. The van der Waals surface area contributed by atoms with Crippen LogP contribution in [0.1, 0.15) is 0 Å². The minimum Gasteiger partial charge on any atom is -0.365 e. The molecule has 44 valence electrons. The van der Waals surface area contributed by atoms with Crippen LogP contribution in [0, 0.1) is 0 Å². The van der Waals surface area contributed by atoms with Crippen LogP contribution < -0.4 is 11.2 Å². The number of hydrogen-bond donors (Lipinski definition) is 3. The molecule has 0 amide bonds. The summed E-state index contributed by atoms with van der Waals surface area (Å²) in [5, 5.41) is 9.50. The van der Waals surface area contributed by atoms with Crippen molar-refractivity contribution in [2.75, 3.05) is 19.9 Å². The van der Waals surface area contributed by atoms with Crippen molar-refractivity contribution in [3.63, 3.8) is 0 Å². The highest BCUT2D eigenvalue weighted by Crippen LogP contribution is 1.75. The first-order chi connectivity index (χ1) is 3.50. The van der Waals surface area contributed by atoms with E-state index in [2.05, 4.69) is 11.2 Å². The third-order valence-corrected chi connectivity index (χ3v) is 0.627. The number of nitrogens with one attached hydrogen (secondary N) is 1. The maximum Gasteiger partial charge on any atom is 0.0966 e. The van der Waals surface area contributed by atoms with Crippen molar-refractivity contribution in [2.45, 2.75) is 0 Å². The van der Waals surface area contributed by atoms with Gasteiger partial charge in [0.1, 0.15) is 0 Å². The molecule has 1 saturated heterocycles. The van der Waals surface area contributed by atoms with Gasteiger partial charge in [0.25, 0.3) is 0 Å². The molecule has 7 heavy (non-hydrogen) atoms. The molecule has 0 aliphatic carbocycles. The molecule has 0 aromatic heterocycles. The maximum absolute atomic E-state index is 6.50. The topological polar surface area (TPSA) is 67.5 Å². The Morgan fingerprint density at radius 2 is 2.29 bits per heavy atom. The van der Waals surface area contributed by atoms with Gasteiger partial charge in [0.05, 0.1) is 13.3 Å². The van der Waals surface area contributed by atoms with E-state index in [4.69, 9.17) is 9.94 Å². The van der Waals surface area contributed by atoms with Gasteiger partial charge in [0, 0.05) is 6.54 Å². The molecule has 0 bridgehead atoms. The summed E-state index contributed by atoms with van der Waals surface area (Å²) in [6.45, 7) is 2.67. The molecule has 0 atom stereocenters. The van der Waals surface area contributed by atoms with Crippen molar-refractivity contribution in [3.05, 3.63) is 0 Å². The Kier molecular flexibility index (Phi) is 5.71. The second kappa shape index (κ2) is 5.84. The first kappa shape index (κ1) is 6.84. The Balaban J connectivity index is 0.000000162. The lowest BCUT2D eigenvalue weighted by atomic mass is 10.7. The van der Waals surface area contributed by atoms with E-state index in [0.717, 1.165) is 19.9 Å². The Morgan fingerprint density at radius 1 is 1.57 bits per heavy atom. The fourth-order valence-corrected chi connectivity index (χ4v) is 0.361. The van der Waals surface area contributed by atoms with Gasteiger partial charge in [0.15, 0.2) is 0 Å². The van der Waals surface area contributed by atoms with Crippen LogP contribution in [0.2, 0.25) is 0 Å². The van der Waals surface area contributed by atoms with Crippen molar-refractivity contribution in [3.8, 4) is 0 Å². The van der Waals surface area contributed by atoms with Gasteiger partial charge in [0.2, 0.25) is 0 Å². The van der Waals surface area contributed by atoms with Crippen molar-refractivity contribution in [1.82, 2.24) is 5.32 Å². The van der Waals surface area contributed by atoms with Crippen LogP contribution in [0.25, 0.3) is 0 Å². The van der Waals surface area contributed by atoms with Crippen molar-refractivity contribution >= 4 is 0 Å². The Hall–Kier alpha value is -0.160. The van der Waals surface area contributed by atoms with E-state index in [1.807, 2.05) is 0 Å².